The second kappa shape index (κ2) is 8.13. The predicted molar refractivity (Wildman–Crippen MR) is 79.5 cm³/mol. The van der Waals surface area contributed by atoms with Crippen LogP contribution in [-0.2, 0) is 4.74 Å². The molecule has 2 aliphatic rings. The Labute approximate surface area is 122 Å². The maximum Gasteiger partial charge on any atom is 0.0897 e. The number of hydrogen-bond acceptors (Lipinski definition) is 4. The van der Waals surface area contributed by atoms with Crippen molar-refractivity contribution in [2.24, 2.45) is 17.8 Å². The molecular weight excluding hydrogens is 254 g/mol. The van der Waals surface area contributed by atoms with E-state index in [0.717, 1.165) is 38.8 Å². The van der Waals surface area contributed by atoms with E-state index in [1.54, 1.807) is 0 Å². The molecule has 4 heteroatoms. The second-order valence-corrected chi connectivity index (χ2v) is 6.52. The Morgan fingerprint density at radius 1 is 1.30 bits per heavy atom. The zero-order chi connectivity index (χ0) is 14.4. The standard InChI is InChI=1S/C16H29NO3/c1-12-4-2-3-5-14(12)10-20-11-16(19)9-17-8-13-6-15(18)7-13/h2-3,12-19H,4-11H2,1H3. The van der Waals surface area contributed by atoms with Crippen molar-refractivity contribution in [1.29, 1.82) is 0 Å². The van der Waals surface area contributed by atoms with Gasteiger partial charge in [0.1, 0.15) is 0 Å². The van der Waals surface area contributed by atoms with E-state index >= 15 is 0 Å². The highest BCUT2D eigenvalue weighted by Crippen LogP contribution is 2.26. The van der Waals surface area contributed by atoms with Crippen LogP contribution in [0, 0.1) is 17.8 Å². The van der Waals surface area contributed by atoms with Crippen molar-refractivity contribution in [3.05, 3.63) is 12.2 Å². The highest BCUT2D eigenvalue weighted by atomic mass is 16.5. The molecular formula is C16H29NO3. The lowest BCUT2D eigenvalue weighted by molar-refractivity contribution is 0.00950. The summed E-state index contributed by atoms with van der Waals surface area (Å²) in [7, 11) is 0. The quantitative estimate of drug-likeness (QED) is 0.588. The summed E-state index contributed by atoms with van der Waals surface area (Å²) in [5.41, 5.74) is 0. The van der Waals surface area contributed by atoms with Gasteiger partial charge in [-0.2, -0.15) is 0 Å². The minimum atomic E-state index is -0.436. The van der Waals surface area contributed by atoms with Gasteiger partial charge < -0.3 is 20.3 Å². The van der Waals surface area contributed by atoms with Gasteiger partial charge in [-0.3, -0.25) is 0 Å². The highest BCUT2D eigenvalue weighted by Gasteiger charge is 2.26. The van der Waals surface area contributed by atoms with E-state index in [1.165, 1.54) is 0 Å². The third-order valence-corrected chi connectivity index (χ3v) is 4.58. The average molecular weight is 283 g/mol. The SMILES string of the molecule is CC1CC=CCC1COCC(O)CNCC1CC(O)C1. The lowest BCUT2D eigenvalue weighted by Crippen LogP contribution is -2.39. The van der Waals surface area contributed by atoms with Gasteiger partial charge in [-0.25, -0.2) is 0 Å². The van der Waals surface area contributed by atoms with Crippen LogP contribution >= 0.6 is 0 Å². The molecule has 1 saturated carbocycles. The third kappa shape index (κ3) is 5.17. The van der Waals surface area contributed by atoms with E-state index < -0.39 is 6.10 Å². The Morgan fingerprint density at radius 2 is 2.05 bits per heavy atom. The van der Waals surface area contributed by atoms with Gasteiger partial charge in [0.2, 0.25) is 0 Å². The van der Waals surface area contributed by atoms with Gasteiger partial charge in [0.05, 0.1) is 25.4 Å². The van der Waals surface area contributed by atoms with E-state index in [9.17, 15) is 10.2 Å². The molecule has 0 aromatic carbocycles. The van der Waals surface area contributed by atoms with Gasteiger partial charge in [-0.1, -0.05) is 19.1 Å². The van der Waals surface area contributed by atoms with Crippen molar-refractivity contribution >= 4 is 0 Å². The van der Waals surface area contributed by atoms with E-state index in [1.807, 2.05) is 0 Å². The maximum absolute atomic E-state index is 9.85. The first-order valence-corrected chi connectivity index (χ1v) is 7.94. The van der Waals surface area contributed by atoms with Crippen molar-refractivity contribution in [3.63, 3.8) is 0 Å². The molecule has 0 saturated heterocycles. The summed E-state index contributed by atoms with van der Waals surface area (Å²) in [5.74, 6) is 1.85. The maximum atomic E-state index is 9.85. The van der Waals surface area contributed by atoms with Gasteiger partial charge in [0, 0.05) is 6.54 Å². The zero-order valence-corrected chi connectivity index (χ0v) is 12.5. The summed E-state index contributed by atoms with van der Waals surface area (Å²) in [4.78, 5) is 0. The van der Waals surface area contributed by atoms with Crippen LogP contribution in [0.15, 0.2) is 12.2 Å². The number of aliphatic hydroxyl groups is 2. The van der Waals surface area contributed by atoms with Crippen molar-refractivity contribution in [2.75, 3.05) is 26.3 Å². The summed E-state index contributed by atoms with van der Waals surface area (Å²) in [6.45, 7) is 4.89. The molecule has 0 aromatic rings. The summed E-state index contributed by atoms with van der Waals surface area (Å²) in [5, 5.41) is 22.3. The van der Waals surface area contributed by atoms with Crippen molar-refractivity contribution in [3.8, 4) is 0 Å². The van der Waals surface area contributed by atoms with E-state index in [-0.39, 0.29) is 6.10 Å². The minimum Gasteiger partial charge on any atom is -0.393 e. The smallest absolute Gasteiger partial charge is 0.0897 e. The molecule has 20 heavy (non-hydrogen) atoms. The summed E-state index contributed by atoms with van der Waals surface area (Å²) >= 11 is 0. The molecule has 3 atom stereocenters. The molecule has 3 unspecified atom stereocenters. The Balaban J connectivity index is 1.47. The molecule has 0 bridgehead atoms. The van der Waals surface area contributed by atoms with E-state index in [2.05, 4.69) is 24.4 Å². The molecule has 0 aliphatic heterocycles. The zero-order valence-electron chi connectivity index (χ0n) is 12.5. The molecule has 0 spiro atoms. The van der Waals surface area contributed by atoms with Crippen LogP contribution in [0.2, 0.25) is 0 Å². The van der Waals surface area contributed by atoms with Gasteiger partial charge in [0.15, 0.2) is 0 Å². The Kier molecular flexibility index (Phi) is 6.49. The number of aliphatic hydroxyl groups excluding tert-OH is 2. The molecule has 2 aliphatic carbocycles. The Morgan fingerprint density at radius 3 is 2.75 bits per heavy atom. The Bertz CT molecular complexity index is 302. The first-order chi connectivity index (χ1) is 9.65. The molecule has 4 nitrogen and oxygen atoms in total. The van der Waals surface area contributed by atoms with E-state index in [4.69, 9.17) is 4.74 Å². The summed E-state index contributed by atoms with van der Waals surface area (Å²) in [6.07, 6.45) is 7.98. The largest absolute Gasteiger partial charge is 0.393 e. The number of hydrogen-bond donors (Lipinski definition) is 3. The Hall–Kier alpha value is -0.420. The molecule has 0 amide bonds. The first kappa shape index (κ1) is 16.0. The number of allylic oxidation sites excluding steroid dienone is 2. The van der Waals surface area contributed by atoms with Crippen LogP contribution in [0.25, 0.3) is 0 Å². The summed E-state index contributed by atoms with van der Waals surface area (Å²) < 4.78 is 5.66. The molecule has 116 valence electrons. The molecule has 3 N–H and O–H groups in total. The van der Waals surface area contributed by atoms with Crippen LogP contribution in [0.1, 0.15) is 32.6 Å². The van der Waals surface area contributed by atoms with Crippen LogP contribution in [0.3, 0.4) is 0 Å². The van der Waals surface area contributed by atoms with Crippen molar-refractivity contribution in [1.82, 2.24) is 5.32 Å². The molecule has 0 radical (unpaired) electrons. The minimum absolute atomic E-state index is 0.0958. The average Bonchev–Trinajstić information content (AvgIpc) is 2.39. The third-order valence-electron chi connectivity index (χ3n) is 4.58. The van der Waals surface area contributed by atoms with Crippen LogP contribution < -0.4 is 5.32 Å². The van der Waals surface area contributed by atoms with Gasteiger partial charge in [-0.05, 0) is 50.0 Å². The number of rotatable bonds is 8. The monoisotopic (exact) mass is 283 g/mol. The van der Waals surface area contributed by atoms with Crippen LogP contribution in [0.4, 0.5) is 0 Å². The van der Waals surface area contributed by atoms with Gasteiger partial charge in [-0.15, -0.1) is 0 Å². The lowest BCUT2D eigenvalue weighted by Gasteiger charge is -2.31. The number of ether oxygens (including phenoxy) is 1. The van der Waals surface area contributed by atoms with Gasteiger partial charge in [0.25, 0.3) is 0 Å². The van der Waals surface area contributed by atoms with Crippen LogP contribution in [-0.4, -0.2) is 48.7 Å². The van der Waals surface area contributed by atoms with Crippen molar-refractivity contribution < 1.29 is 14.9 Å². The molecule has 1 fully saturated rings. The molecule has 0 aromatic heterocycles. The molecule has 0 heterocycles. The topological polar surface area (TPSA) is 61.7 Å². The lowest BCUT2D eigenvalue weighted by atomic mass is 9.82. The normalized spacial score (nSPS) is 34.8. The first-order valence-electron chi connectivity index (χ1n) is 7.94. The van der Waals surface area contributed by atoms with Gasteiger partial charge >= 0.3 is 0 Å². The summed E-state index contributed by atoms with van der Waals surface area (Å²) in [6, 6.07) is 0. The van der Waals surface area contributed by atoms with Crippen LogP contribution in [0.5, 0.6) is 0 Å². The predicted octanol–water partition coefficient (Wildman–Crippen LogP) is 1.33. The fourth-order valence-corrected chi connectivity index (χ4v) is 2.97. The fraction of sp³-hybridized carbons (Fsp3) is 0.875. The fourth-order valence-electron chi connectivity index (χ4n) is 2.97. The highest BCUT2D eigenvalue weighted by molar-refractivity contribution is 4.93. The van der Waals surface area contributed by atoms with Crippen molar-refractivity contribution in [2.45, 2.75) is 44.8 Å². The second-order valence-electron chi connectivity index (χ2n) is 6.52. The number of nitrogens with one attached hydrogen (secondary N) is 1. The molecule has 2 rings (SSSR count). The van der Waals surface area contributed by atoms with E-state index in [0.29, 0.717) is 30.9 Å².